The van der Waals surface area contributed by atoms with Crippen LogP contribution in [-0.4, -0.2) is 72.3 Å². The Morgan fingerprint density at radius 3 is 2.27 bits per heavy atom. The lowest BCUT2D eigenvalue weighted by Gasteiger charge is -2.42. The number of hydrogen-bond acceptors (Lipinski definition) is 5. The Kier molecular flexibility index (Phi) is 10.2. The highest BCUT2D eigenvalue weighted by Crippen LogP contribution is 2.18. The van der Waals surface area contributed by atoms with Gasteiger partial charge in [-0.2, -0.15) is 0 Å². The predicted molar refractivity (Wildman–Crippen MR) is 141 cm³/mol. The fourth-order valence-corrected chi connectivity index (χ4v) is 4.32. The van der Waals surface area contributed by atoms with Crippen molar-refractivity contribution < 1.29 is 18.8 Å². The Hall–Kier alpha value is -3.30. The van der Waals surface area contributed by atoms with Crippen LogP contribution < -0.4 is 16.0 Å². The summed E-state index contributed by atoms with van der Waals surface area (Å²) < 4.78 is 13.3. The van der Waals surface area contributed by atoms with Crippen LogP contribution in [-0.2, 0) is 27.5 Å². The Morgan fingerprint density at radius 2 is 1.65 bits per heavy atom. The lowest BCUT2D eigenvalue weighted by Crippen LogP contribution is -2.64. The Balaban J connectivity index is 1.78. The van der Waals surface area contributed by atoms with Crippen molar-refractivity contribution in [2.24, 2.45) is 5.92 Å². The van der Waals surface area contributed by atoms with Crippen LogP contribution in [0.2, 0.25) is 0 Å². The molecule has 1 heterocycles. The number of carbonyl (C=O) groups is 3. The summed E-state index contributed by atoms with van der Waals surface area (Å²) in [6, 6.07) is 14.0. The molecular weight excluding hydrogens is 473 g/mol. The number of hydrogen-bond donors (Lipinski definition) is 3. The Morgan fingerprint density at radius 1 is 0.973 bits per heavy atom. The van der Waals surface area contributed by atoms with E-state index < -0.39 is 18.1 Å². The molecule has 2 aromatic carbocycles. The molecule has 1 aliphatic rings. The van der Waals surface area contributed by atoms with Crippen molar-refractivity contribution in [2.75, 3.05) is 26.7 Å². The first-order valence-electron chi connectivity index (χ1n) is 12.8. The molecule has 0 radical (unpaired) electrons. The number of rotatable bonds is 10. The average Bonchev–Trinajstić information content (AvgIpc) is 2.90. The van der Waals surface area contributed by atoms with E-state index in [0.29, 0.717) is 26.2 Å². The zero-order chi connectivity index (χ0) is 26.9. The molecule has 0 unspecified atom stereocenters. The van der Waals surface area contributed by atoms with Gasteiger partial charge in [-0.1, -0.05) is 56.3 Å². The molecule has 1 fully saturated rings. The van der Waals surface area contributed by atoms with Crippen LogP contribution in [0.15, 0.2) is 54.6 Å². The molecular formula is C28H38FN5O3. The standard InChI is InChI=1S/C28H38FN5O3/c1-19(2)25(32-26(35)20(3)30-4)28(37)34-15-14-33(17-22-8-6-5-7-9-22)18-24(34)27(36)31-16-21-10-12-23(29)13-11-21/h5-13,19-20,24-25,30H,14-18H2,1-4H3,(H,31,36)(H,32,35)/t20-,24-,25-/m0/s1. The van der Waals surface area contributed by atoms with Crippen molar-refractivity contribution in [1.82, 2.24) is 25.8 Å². The van der Waals surface area contributed by atoms with E-state index in [2.05, 4.69) is 20.9 Å². The number of halogens is 1. The number of nitrogens with one attached hydrogen (secondary N) is 3. The summed E-state index contributed by atoms with van der Waals surface area (Å²) in [5.74, 6) is -1.33. The molecule has 3 rings (SSSR count). The maximum absolute atomic E-state index is 13.7. The van der Waals surface area contributed by atoms with Gasteiger partial charge in [0.25, 0.3) is 0 Å². The van der Waals surface area contributed by atoms with Crippen molar-refractivity contribution in [3.63, 3.8) is 0 Å². The zero-order valence-corrected chi connectivity index (χ0v) is 22.0. The van der Waals surface area contributed by atoms with Crippen molar-refractivity contribution in [1.29, 1.82) is 0 Å². The van der Waals surface area contributed by atoms with Crippen LogP contribution in [0.3, 0.4) is 0 Å². The second kappa shape index (κ2) is 13.3. The van der Waals surface area contributed by atoms with E-state index in [-0.39, 0.29) is 36.0 Å². The van der Waals surface area contributed by atoms with E-state index in [1.807, 2.05) is 44.2 Å². The van der Waals surface area contributed by atoms with E-state index in [1.54, 1.807) is 31.0 Å². The molecule has 1 aliphatic heterocycles. The quantitative estimate of drug-likeness (QED) is 0.453. The van der Waals surface area contributed by atoms with Gasteiger partial charge in [-0.15, -0.1) is 0 Å². The van der Waals surface area contributed by atoms with Gasteiger partial charge in [0.15, 0.2) is 0 Å². The zero-order valence-electron chi connectivity index (χ0n) is 22.0. The van der Waals surface area contributed by atoms with Gasteiger partial charge in [0.2, 0.25) is 17.7 Å². The van der Waals surface area contributed by atoms with Crippen LogP contribution in [0.25, 0.3) is 0 Å². The lowest BCUT2D eigenvalue weighted by molar-refractivity contribution is -0.147. The summed E-state index contributed by atoms with van der Waals surface area (Å²) in [7, 11) is 1.68. The van der Waals surface area contributed by atoms with E-state index in [0.717, 1.165) is 11.1 Å². The molecule has 0 bridgehead atoms. The van der Waals surface area contributed by atoms with E-state index in [9.17, 15) is 18.8 Å². The highest BCUT2D eigenvalue weighted by atomic mass is 19.1. The first kappa shape index (κ1) is 28.3. The second-order valence-electron chi connectivity index (χ2n) is 9.85. The third kappa shape index (κ3) is 7.84. The number of amides is 3. The third-order valence-electron chi connectivity index (χ3n) is 6.74. The van der Waals surface area contributed by atoms with Gasteiger partial charge >= 0.3 is 0 Å². The van der Waals surface area contributed by atoms with Gasteiger partial charge in [-0.05, 0) is 43.1 Å². The van der Waals surface area contributed by atoms with Crippen LogP contribution in [0.4, 0.5) is 4.39 Å². The molecule has 0 aliphatic carbocycles. The maximum atomic E-state index is 13.7. The molecule has 1 saturated heterocycles. The molecule has 37 heavy (non-hydrogen) atoms. The van der Waals surface area contributed by atoms with Crippen molar-refractivity contribution in [3.05, 3.63) is 71.5 Å². The summed E-state index contributed by atoms with van der Waals surface area (Å²) in [6.45, 7) is 7.70. The molecule has 9 heteroatoms. The Bertz CT molecular complexity index is 1050. The summed E-state index contributed by atoms with van der Waals surface area (Å²) in [4.78, 5) is 43.5. The molecule has 8 nitrogen and oxygen atoms in total. The van der Waals surface area contributed by atoms with Crippen LogP contribution in [0.1, 0.15) is 31.9 Å². The summed E-state index contributed by atoms with van der Waals surface area (Å²) in [5.41, 5.74) is 1.89. The van der Waals surface area contributed by atoms with Gasteiger partial charge in [-0.3, -0.25) is 19.3 Å². The number of nitrogens with zero attached hydrogens (tertiary/aromatic N) is 2. The van der Waals surface area contributed by atoms with Crippen molar-refractivity contribution in [3.8, 4) is 0 Å². The molecule has 0 saturated carbocycles. The van der Waals surface area contributed by atoms with Crippen molar-refractivity contribution >= 4 is 17.7 Å². The maximum Gasteiger partial charge on any atom is 0.246 e. The highest BCUT2D eigenvalue weighted by Gasteiger charge is 2.39. The number of piperazine rings is 1. The van der Waals surface area contributed by atoms with Gasteiger partial charge in [0.1, 0.15) is 17.9 Å². The smallest absolute Gasteiger partial charge is 0.246 e. The van der Waals surface area contributed by atoms with Crippen molar-refractivity contribution in [2.45, 2.75) is 52.0 Å². The normalized spacial score (nSPS) is 17.8. The molecule has 3 amide bonds. The fraction of sp³-hybridized carbons (Fsp3) is 0.464. The minimum atomic E-state index is -0.753. The molecule has 2 aromatic rings. The molecule has 200 valence electrons. The molecule has 3 atom stereocenters. The topological polar surface area (TPSA) is 93.8 Å². The minimum absolute atomic E-state index is 0.161. The number of likely N-dealkylation sites (N-methyl/N-ethyl adjacent to an activating group) is 1. The number of carbonyl (C=O) groups excluding carboxylic acids is 3. The molecule has 3 N–H and O–H groups in total. The monoisotopic (exact) mass is 511 g/mol. The average molecular weight is 512 g/mol. The van der Waals surface area contributed by atoms with E-state index >= 15 is 0 Å². The SMILES string of the molecule is CN[C@@H](C)C(=O)N[C@H](C(=O)N1CCN(Cc2ccccc2)C[C@H]1C(=O)NCc1ccc(F)cc1)C(C)C. The van der Waals surface area contributed by atoms with E-state index in [4.69, 9.17) is 0 Å². The van der Waals surface area contributed by atoms with Crippen LogP contribution >= 0.6 is 0 Å². The van der Waals surface area contributed by atoms with Gasteiger partial charge in [-0.25, -0.2) is 4.39 Å². The van der Waals surface area contributed by atoms with Gasteiger partial charge in [0.05, 0.1) is 6.04 Å². The van der Waals surface area contributed by atoms with Gasteiger partial charge in [0, 0.05) is 32.7 Å². The highest BCUT2D eigenvalue weighted by molar-refractivity contribution is 5.93. The van der Waals surface area contributed by atoms with Crippen LogP contribution in [0.5, 0.6) is 0 Å². The van der Waals surface area contributed by atoms with Crippen LogP contribution in [0, 0.1) is 11.7 Å². The van der Waals surface area contributed by atoms with Gasteiger partial charge < -0.3 is 20.9 Å². The second-order valence-corrected chi connectivity index (χ2v) is 9.85. The summed E-state index contributed by atoms with van der Waals surface area (Å²) in [6.07, 6.45) is 0. The lowest BCUT2D eigenvalue weighted by atomic mass is 9.99. The Labute approximate surface area is 218 Å². The number of benzene rings is 2. The summed E-state index contributed by atoms with van der Waals surface area (Å²) in [5, 5.41) is 8.67. The minimum Gasteiger partial charge on any atom is -0.350 e. The largest absolute Gasteiger partial charge is 0.350 e. The predicted octanol–water partition coefficient (Wildman–Crippen LogP) is 1.90. The molecule has 0 aromatic heterocycles. The summed E-state index contributed by atoms with van der Waals surface area (Å²) >= 11 is 0. The van der Waals surface area contributed by atoms with E-state index in [1.165, 1.54) is 12.1 Å². The first-order chi connectivity index (χ1) is 17.7. The molecule has 0 spiro atoms. The third-order valence-corrected chi connectivity index (χ3v) is 6.74. The fourth-order valence-electron chi connectivity index (χ4n) is 4.32. The first-order valence-corrected chi connectivity index (χ1v) is 12.8.